The van der Waals surface area contributed by atoms with Gasteiger partial charge in [0.2, 0.25) is 0 Å². The third kappa shape index (κ3) is 4.30. The van der Waals surface area contributed by atoms with Gasteiger partial charge in [0.05, 0.1) is 25.5 Å². The number of nitrogens with one attached hydrogen (secondary N) is 2. The molecular formula is C15H15ClN4O3. The van der Waals surface area contributed by atoms with Crippen LogP contribution in [0.3, 0.4) is 0 Å². The van der Waals surface area contributed by atoms with E-state index in [1.54, 1.807) is 24.3 Å². The first-order valence-electron chi connectivity index (χ1n) is 7.05. The largest absolute Gasteiger partial charge is 0.486 e. The van der Waals surface area contributed by atoms with Gasteiger partial charge in [0.1, 0.15) is 11.9 Å². The van der Waals surface area contributed by atoms with Gasteiger partial charge in [-0.1, -0.05) is 11.6 Å². The standard InChI is InChI=1S/C15H15ClN4O3/c16-14-13(17-5-6-18-14)7-19-15(21)20-10-1-3-11(4-2-10)23-12-8-22-9-12/h1-6,12H,7-9H2,(H2,19,20,21). The molecule has 120 valence electrons. The molecule has 0 bridgehead atoms. The highest BCUT2D eigenvalue weighted by Crippen LogP contribution is 2.19. The summed E-state index contributed by atoms with van der Waals surface area (Å²) in [6.45, 7) is 1.43. The Morgan fingerprint density at radius 2 is 2.00 bits per heavy atom. The first kappa shape index (κ1) is 15.5. The van der Waals surface area contributed by atoms with Crippen LogP contribution >= 0.6 is 11.6 Å². The molecule has 0 spiro atoms. The number of carbonyl (C=O) groups is 1. The van der Waals surface area contributed by atoms with Crippen LogP contribution in [-0.4, -0.2) is 35.3 Å². The maximum Gasteiger partial charge on any atom is 0.319 e. The van der Waals surface area contributed by atoms with Crippen LogP contribution in [-0.2, 0) is 11.3 Å². The highest BCUT2D eigenvalue weighted by atomic mass is 35.5. The van der Waals surface area contributed by atoms with Gasteiger partial charge in [-0.15, -0.1) is 0 Å². The zero-order chi connectivity index (χ0) is 16.1. The second-order valence-electron chi connectivity index (χ2n) is 4.90. The minimum absolute atomic E-state index is 0.119. The highest BCUT2D eigenvalue weighted by molar-refractivity contribution is 6.29. The molecule has 3 rings (SSSR count). The topological polar surface area (TPSA) is 85.4 Å². The van der Waals surface area contributed by atoms with Crippen molar-refractivity contribution in [2.45, 2.75) is 12.6 Å². The fraction of sp³-hybridized carbons (Fsp3) is 0.267. The monoisotopic (exact) mass is 334 g/mol. The molecule has 1 aliphatic heterocycles. The fourth-order valence-electron chi connectivity index (χ4n) is 1.90. The second-order valence-corrected chi connectivity index (χ2v) is 5.26. The van der Waals surface area contributed by atoms with Crippen LogP contribution < -0.4 is 15.4 Å². The second kappa shape index (κ2) is 7.26. The van der Waals surface area contributed by atoms with E-state index in [-0.39, 0.29) is 23.8 Å². The molecule has 1 aliphatic rings. The molecule has 1 aromatic heterocycles. The summed E-state index contributed by atoms with van der Waals surface area (Å²) in [5.41, 5.74) is 1.17. The minimum atomic E-state index is -0.354. The third-order valence-electron chi connectivity index (χ3n) is 3.16. The summed E-state index contributed by atoms with van der Waals surface area (Å²) in [7, 11) is 0. The lowest BCUT2D eigenvalue weighted by atomic mass is 10.3. The number of rotatable bonds is 5. The van der Waals surface area contributed by atoms with Crippen molar-refractivity contribution in [2.75, 3.05) is 18.5 Å². The van der Waals surface area contributed by atoms with Crippen molar-refractivity contribution in [3.05, 3.63) is 47.5 Å². The summed E-state index contributed by atoms with van der Waals surface area (Å²) in [6.07, 6.45) is 3.13. The van der Waals surface area contributed by atoms with Crippen molar-refractivity contribution in [2.24, 2.45) is 0 Å². The van der Waals surface area contributed by atoms with Gasteiger partial charge in [-0.2, -0.15) is 0 Å². The van der Waals surface area contributed by atoms with Crippen molar-refractivity contribution in [3.8, 4) is 5.75 Å². The number of hydrogen-bond donors (Lipinski definition) is 2. The van der Waals surface area contributed by atoms with E-state index in [1.165, 1.54) is 12.4 Å². The molecule has 1 aromatic carbocycles. The Kier molecular flexibility index (Phi) is 4.89. The van der Waals surface area contributed by atoms with Crippen LogP contribution in [0, 0.1) is 0 Å². The Hall–Kier alpha value is -2.38. The number of aromatic nitrogens is 2. The van der Waals surface area contributed by atoms with Gasteiger partial charge in [0.25, 0.3) is 0 Å². The van der Waals surface area contributed by atoms with E-state index in [0.29, 0.717) is 24.6 Å². The SMILES string of the molecule is O=C(NCc1nccnc1Cl)Nc1ccc(OC2COC2)cc1. The van der Waals surface area contributed by atoms with Gasteiger partial charge in [0, 0.05) is 18.1 Å². The lowest BCUT2D eigenvalue weighted by molar-refractivity contribution is -0.0796. The molecule has 1 fully saturated rings. The van der Waals surface area contributed by atoms with Crippen molar-refractivity contribution < 1.29 is 14.3 Å². The predicted octanol–water partition coefficient (Wildman–Crippen LogP) is 2.23. The zero-order valence-electron chi connectivity index (χ0n) is 12.2. The highest BCUT2D eigenvalue weighted by Gasteiger charge is 2.19. The molecule has 0 unspecified atom stereocenters. The van der Waals surface area contributed by atoms with Crippen molar-refractivity contribution in [1.82, 2.24) is 15.3 Å². The van der Waals surface area contributed by atoms with Crippen LogP contribution in [0.15, 0.2) is 36.7 Å². The number of amides is 2. The average Bonchev–Trinajstić information content (AvgIpc) is 2.52. The summed E-state index contributed by atoms with van der Waals surface area (Å²) >= 11 is 5.88. The molecule has 0 radical (unpaired) electrons. The number of carbonyl (C=O) groups excluding carboxylic acids is 1. The molecule has 2 N–H and O–H groups in total. The number of urea groups is 1. The normalized spacial score (nSPS) is 14.0. The van der Waals surface area contributed by atoms with E-state index in [9.17, 15) is 4.79 Å². The van der Waals surface area contributed by atoms with Crippen molar-refractivity contribution in [3.63, 3.8) is 0 Å². The molecule has 2 heterocycles. The van der Waals surface area contributed by atoms with Crippen LogP contribution in [0.1, 0.15) is 5.69 Å². The zero-order valence-corrected chi connectivity index (χ0v) is 12.9. The van der Waals surface area contributed by atoms with E-state index in [1.807, 2.05) is 0 Å². The van der Waals surface area contributed by atoms with E-state index in [4.69, 9.17) is 21.1 Å². The van der Waals surface area contributed by atoms with Crippen LogP contribution in [0.25, 0.3) is 0 Å². The van der Waals surface area contributed by atoms with Crippen LogP contribution in [0.2, 0.25) is 5.15 Å². The van der Waals surface area contributed by atoms with Gasteiger partial charge < -0.3 is 20.1 Å². The van der Waals surface area contributed by atoms with Gasteiger partial charge in [-0.25, -0.2) is 9.78 Å². The number of nitrogens with zero attached hydrogens (tertiary/aromatic N) is 2. The lowest BCUT2D eigenvalue weighted by Crippen LogP contribution is -2.38. The Balaban J connectivity index is 1.48. The van der Waals surface area contributed by atoms with Crippen molar-refractivity contribution >= 4 is 23.3 Å². The summed E-state index contributed by atoms with van der Waals surface area (Å²) in [6, 6.07) is 6.78. The number of halogens is 1. The smallest absolute Gasteiger partial charge is 0.319 e. The minimum Gasteiger partial charge on any atom is -0.486 e. The third-order valence-corrected chi connectivity index (χ3v) is 3.48. The Morgan fingerprint density at radius 3 is 2.65 bits per heavy atom. The van der Waals surface area contributed by atoms with Gasteiger partial charge >= 0.3 is 6.03 Å². The Bertz CT molecular complexity index is 677. The van der Waals surface area contributed by atoms with Gasteiger partial charge in [-0.05, 0) is 24.3 Å². The predicted molar refractivity (Wildman–Crippen MR) is 84.6 cm³/mol. The van der Waals surface area contributed by atoms with Gasteiger partial charge in [0.15, 0.2) is 5.15 Å². The number of ether oxygens (including phenoxy) is 2. The lowest BCUT2D eigenvalue weighted by Gasteiger charge is -2.26. The molecule has 2 aromatic rings. The van der Waals surface area contributed by atoms with Gasteiger partial charge in [-0.3, -0.25) is 4.98 Å². The first-order valence-corrected chi connectivity index (χ1v) is 7.43. The molecular weight excluding hydrogens is 320 g/mol. The fourth-order valence-corrected chi connectivity index (χ4v) is 2.07. The van der Waals surface area contributed by atoms with Crippen molar-refractivity contribution in [1.29, 1.82) is 0 Å². The first-order chi connectivity index (χ1) is 11.2. The van der Waals surface area contributed by atoms with E-state index in [2.05, 4.69) is 20.6 Å². The molecule has 0 aliphatic carbocycles. The molecule has 8 heteroatoms. The molecule has 23 heavy (non-hydrogen) atoms. The van der Waals surface area contributed by atoms with E-state index in [0.717, 1.165) is 5.75 Å². The molecule has 2 amide bonds. The Labute approximate surface area is 138 Å². The summed E-state index contributed by atoms with van der Waals surface area (Å²) < 4.78 is 10.7. The van der Waals surface area contributed by atoms with E-state index < -0.39 is 0 Å². The maximum absolute atomic E-state index is 11.9. The molecule has 1 saturated heterocycles. The molecule has 0 saturated carbocycles. The molecule has 0 atom stereocenters. The summed E-state index contributed by atoms with van der Waals surface area (Å²) in [4.78, 5) is 19.8. The average molecular weight is 335 g/mol. The number of benzene rings is 1. The number of hydrogen-bond acceptors (Lipinski definition) is 5. The summed E-state index contributed by atoms with van der Waals surface area (Å²) in [5.74, 6) is 0.746. The Morgan fingerprint density at radius 1 is 1.26 bits per heavy atom. The quantitative estimate of drug-likeness (QED) is 0.875. The van der Waals surface area contributed by atoms with Crippen LogP contribution in [0.5, 0.6) is 5.75 Å². The summed E-state index contributed by atoms with van der Waals surface area (Å²) in [5, 5.41) is 5.66. The number of anilines is 1. The molecule has 7 nitrogen and oxygen atoms in total. The van der Waals surface area contributed by atoms with Crippen LogP contribution in [0.4, 0.5) is 10.5 Å². The maximum atomic E-state index is 11.9. The van der Waals surface area contributed by atoms with E-state index >= 15 is 0 Å².